The molecule has 0 spiro atoms. The molecule has 1 aliphatic rings. The smallest absolute Gasteiger partial charge is 0.223 e. The first-order valence-corrected chi connectivity index (χ1v) is 9.07. The zero-order valence-electron chi connectivity index (χ0n) is 15.2. The Morgan fingerprint density at radius 1 is 1.32 bits per heavy atom. The average Bonchev–Trinajstić information content (AvgIpc) is 2.66. The predicted molar refractivity (Wildman–Crippen MR) is 97.5 cm³/mol. The lowest BCUT2D eigenvalue weighted by Crippen LogP contribution is -2.48. The summed E-state index contributed by atoms with van der Waals surface area (Å²) < 4.78 is 5.46. The van der Waals surface area contributed by atoms with Gasteiger partial charge in [0.2, 0.25) is 11.8 Å². The molecule has 1 aromatic rings. The van der Waals surface area contributed by atoms with Crippen LogP contribution < -0.4 is 15.4 Å². The number of hydrogen-bond acceptors (Lipinski definition) is 4. The van der Waals surface area contributed by atoms with Gasteiger partial charge in [0.05, 0.1) is 13.2 Å². The third-order valence-electron chi connectivity index (χ3n) is 4.43. The Labute approximate surface area is 149 Å². The topological polar surface area (TPSA) is 70.7 Å². The van der Waals surface area contributed by atoms with E-state index in [4.69, 9.17) is 4.74 Å². The van der Waals surface area contributed by atoms with Crippen molar-refractivity contribution in [3.63, 3.8) is 0 Å². The summed E-state index contributed by atoms with van der Waals surface area (Å²) in [5.74, 6) is 0.921. The molecule has 0 aromatic heterocycles. The van der Waals surface area contributed by atoms with Gasteiger partial charge in [0.25, 0.3) is 0 Å². The SMILES string of the molecule is CCCNC(=O)CCCC(=O)N1CCNCC1c1ccccc1OC. The van der Waals surface area contributed by atoms with Crippen LogP contribution in [0.15, 0.2) is 24.3 Å². The fraction of sp³-hybridized carbons (Fsp3) is 0.579. The van der Waals surface area contributed by atoms with Gasteiger partial charge in [-0.1, -0.05) is 25.1 Å². The normalized spacial score (nSPS) is 17.2. The number of amides is 2. The van der Waals surface area contributed by atoms with Gasteiger partial charge >= 0.3 is 0 Å². The van der Waals surface area contributed by atoms with Crippen molar-refractivity contribution >= 4 is 11.8 Å². The summed E-state index contributed by atoms with van der Waals surface area (Å²) in [6, 6.07) is 7.79. The number of hydrogen-bond donors (Lipinski definition) is 2. The lowest BCUT2D eigenvalue weighted by molar-refractivity contribution is -0.134. The van der Waals surface area contributed by atoms with Crippen molar-refractivity contribution in [3.05, 3.63) is 29.8 Å². The zero-order valence-corrected chi connectivity index (χ0v) is 15.2. The summed E-state index contributed by atoms with van der Waals surface area (Å²) in [4.78, 5) is 26.3. The maximum atomic E-state index is 12.7. The summed E-state index contributed by atoms with van der Waals surface area (Å²) in [7, 11) is 1.65. The molecule has 0 saturated carbocycles. The molecule has 1 aromatic carbocycles. The molecule has 1 unspecified atom stereocenters. The van der Waals surface area contributed by atoms with E-state index in [1.54, 1.807) is 7.11 Å². The number of para-hydroxylation sites is 1. The van der Waals surface area contributed by atoms with Crippen molar-refractivity contribution in [2.24, 2.45) is 0 Å². The molecule has 2 N–H and O–H groups in total. The fourth-order valence-corrected chi connectivity index (χ4v) is 3.12. The third kappa shape index (κ3) is 5.46. The number of methoxy groups -OCH3 is 1. The number of piperazine rings is 1. The summed E-state index contributed by atoms with van der Waals surface area (Å²) in [6.45, 7) is 4.88. The van der Waals surface area contributed by atoms with Gasteiger partial charge in [0, 0.05) is 44.6 Å². The van der Waals surface area contributed by atoms with Crippen molar-refractivity contribution in [2.45, 2.75) is 38.6 Å². The Kier molecular flexibility index (Phi) is 7.73. The van der Waals surface area contributed by atoms with E-state index in [0.29, 0.717) is 38.9 Å². The van der Waals surface area contributed by atoms with Crippen molar-refractivity contribution in [3.8, 4) is 5.75 Å². The molecule has 1 saturated heterocycles. The van der Waals surface area contributed by atoms with Gasteiger partial charge in [-0.3, -0.25) is 9.59 Å². The van der Waals surface area contributed by atoms with Crippen LogP contribution in [0.2, 0.25) is 0 Å². The van der Waals surface area contributed by atoms with Gasteiger partial charge in [-0.25, -0.2) is 0 Å². The van der Waals surface area contributed by atoms with Gasteiger partial charge < -0.3 is 20.3 Å². The molecule has 138 valence electrons. The number of nitrogens with zero attached hydrogens (tertiary/aromatic N) is 1. The highest BCUT2D eigenvalue weighted by molar-refractivity contribution is 5.79. The van der Waals surface area contributed by atoms with Crippen LogP contribution in [0.25, 0.3) is 0 Å². The Balaban J connectivity index is 1.95. The van der Waals surface area contributed by atoms with Crippen LogP contribution in [0.1, 0.15) is 44.2 Å². The highest BCUT2D eigenvalue weighted by Crippen LogP contribution is 2.30. The molecule has 6 nitrogen and oxygen atoms in total. The van der Waals surface area contributed by atoms with Gasteiger partial charge in [-0.2, -0.15) is 0 Å². The van der Waals surface area contributed by atoms with Gasteiger partial charge in [0.15, 0.2) is 0 Å². The van der Waals surface area contributed by atoms with Crippen LogP contribution in [0.4, 0.5) is 0 Å². The van der Waals surface area contributed by atoms with Crippen molar-refractivity contribution in [2.75, 3.05) is 33.3 Å². The minimum Gasteiger partial charge on any atom is -0.496 e. The highest BCUT2D eigenvalue weighted by atomic mass is 16.5. The molecule has 2 rings (SSSR count). The van der Waals surface area contributed by atoms with E-state index in [1.165, 1.54) is 0 Å². The highest BCUT2D eigenvalue weighted by Gasteiger charge is 2.29. The number of benzene rings is 1. The minimum atomic E-state index is -0.0358. The number of rotatable bonds is 8. The summed E-state index contributed by atoms with van der Waals surface area (Å²) in [6.07, 6.45) is 2.30. The Morgan fingerprint density at radius 3 is 2.88 bits per heavy atom. The van der Waals surface area contributed by atoms with Gasteiger partial charge in [-0.15, -0.1) is 0 Å². The number of nitrogens with one attached hydrogen (secondary N) is 2. The molecule has 2 amide bonds. The van der Waals surface area contributed by atoms with E-state index in [1.807, 2.05) is 36.1 Å². The molecule has 0 radical (unpaired) electrons. The van der Waals surface area contributed by atoms with Crippen LogP contribution >= 0.6 is 0 Å². The van der Waals surface area contributed by atoms with Crippen LogP contribution in [-0.2, 0) is 9.59 Å². The van der Waals surface area contributed by atoms with Crippen molar-refractivity contribution < 1.29 is 14.3 Å². The van der Waals surface area contributed by atoms with E-state index in [0.717, 1.165) is 24.3 Å². The molecule has 1 atom stereocenters. The molecule has 1 heterocycles. The number of carbonyl (C=O) groups is 2. The molecule has 1 aliphatic heterocycles. The predicted octanol–water partition coefficient (Wildman–Crippen LogP) is 1.86. The first kappa shape index (κ1) is 19.2. The van der Waals surface area contributed by atoms with E-state index in [9.17, 15) is 9.59 Å². The van der Waals surface area contributed by atoms with Gasteiger partial charge in [0.1, 0.15) is 5.75 Å². The molecule has 25 heavy (non-hydrogen) atoms. The van der Waals surface area contributed by atoms with E-state index in [-0.39, 0.29) is 17.9 Å². The second kappa shape index (κ2) is 10.0. The molecule has 0 aliphatic carbocycles. The van der Waals surface area contributed by atoms with E-state index < -0.39 is 0 Å². The minimum absolute atomic E-state index is 0.0243. The van der Waals surface area contributed by atoms with Crippen LogP contribution in [-0.4, -0.2) is 50.0 Å². The monoisotopic (exact) mass is 347 g/mol. The average molecular weight is 347 g/mol. The molecular formula is C19H29N3O3. The molecular weight excluding hydrogens is 318 g/mol. The van der Waals surface area contributed by atoms with Gasteiger partial charge in [-0.05, 0) is 18.9 Å². The standard InChI is InChI=1S/C19H29N3O3/c1-3-11-21-18(23)9-6-10-19(24)22-13-12-20-14-16(22)15-7-4-5-8-17(15)25-2/h4-5,7-8,16,20H,3,6,9-14H2,1-2H3,(H,21,23). The Hall–Kier alpha value is -2.08. The fourth-order valence-electron chi connectivity index (χ4n) is 3.12. The first-order chi connectivity index (χ1) is 12.2. The lowest BCUT2D eigenvalue weighted by Gasteiger charge is -2.37. The first-order valence-electron chi connectivity index (χ1n) is 9.07. The largest absolute Gasteiger partial charge is 0.496 e. The Morgan fingerprint density at radius 2 is 2.12 bits per heavy atom. The third-order valence-corrected chi connectivity index (χ3v) is 4.43. The summed E-state index contributed by atoms with van der Waals surface area (Å²) in [5.41, 5.74) is 1.02. The summed E-state index contributed by atoms with van der Waals surface area (Å²) in [5, 5.41) is 6.20. The second-order valence-electron chi connectivity index (χ2n) is 6.25. The van der Waals surface area contributed by atoms with E-state index in [2.05, 4.69) is 10.6 Å². The van der Waals surface area contributed by atoms with Crippen LogP contribution in [0.5, 0.6) is 5.75 Å². The van der Waals surface area contributed by atoms with Crippen molar-refractivity contribution in [1.82, 2.24) is 15.5 Å². The van der Waals surface area contributed by atoms with E-state index >= 15 is 0 Å². The molecule has 1 fully saturated rings. The van der Waals surface area contributed by atoms with Crippen molar-refractivity contribution in [1.29, 1.82) is 0 Å². The van der Waals surface area contributed by atoms with Crippen LogP contribution in [0.3, 0.4) is 0 Å². The molecule has 6 heteroatoms. The Bertz CT molecular complexity index is 577. The second-order valence-corrected chi connectivity index (χ2v) is 6.25. The van der Waals surface area contributed by atoms with Crippen LogP contribution in [0, 0.1) is 0 Å². The quantitative estimate of drug-likeness (QED) is 0.753. The lowest BCUT2D eigenvalue weighted by atomic mass is 10.0. The number of carbonyl (C=O) groups excluding carboxylic acids is 2. The molecule has 0 bridgehead atoms. The maximum absolute atomic E-state index is 12.7. The number of ether oxygens (including phenoxy) is 1. The maximum Gasteiger partial charge on any atom is 0.223 e. The summed E-state index contributed by atoms with van der Waals surface area (Å²) >= 11 is 0. The zero-order chi connectivity index (χ0) is 18.1.